The Kier molecular flexibility index (Phi) is 2.74. The van der Waals surface area contributed by atoms with Crippen molar-refractivity contribution < 1.29 is 9.31 Å². The van der Waals surface area contributed by atoms with Gasteiger partial charge in [0.15, 0.2) is 0 Å². The Morgan fingerprint density at radius 3 is 2.37 bits per heavy atom. The lowest BCUT2D eigenvalue weighted by molar-refractivity contribution is 0.00578. The summed E-state index contributed by atoms with van der Waals surface area (Å²) in [7, 11) is -0.274. The first-order valence-electron chi connectivity index (χ1n) is 7.03. The van der Waals surface area contributed by atoms with Crippen molar-refractivity contribution in [3.8, 4) is 0 Å². The molecule has 2 aliphatic heterocycles. The highest BCUT2D eigenvalue weighted by atomic mass is 16.7. The van der Waals surface area contributed by atoms with Crippen molar-refractivity contribution in [1.29, 1.82) is 0 Å². The third-order valence-electron chi connectivity index (χ3n) is 4.60. The minimum Gasteiger partial charge on any atom is -0.399 e. The number of anilines is 1. The van der Waals surface area contributed by atoms with Crippen molar-refractivity contribution in [3.05, 3.63) is 23.3 Å². The largest absolute Gasteiger partial charge is 0.496 e. The van der Waals surface area contributed by atoms with Gasteiger partial charge in [0.1, 0.15) is 0 Å². The second-order valence-corrected chi connectivity index (χ2v) is 6.65. The summed E-state index contributed by atoms with van der Waals surface area (Å²) in [6.45, 7) is 11.5. The summed E-state index contributed by atoms with van der Waals surface area (Å²) in [5.41, 5.74) is 4.44. The molecular formula is C15H22BNO2. The van der Waals surface area contributed by atoms with E-state index in [0.717, 1.165) is 18.4 Å². The van der Waals surface area contributed by atoms with Gasteiger partial charge in [0, 0.05) is 17.7 Å². The summed E-state index contributed by atoms with van der Waals surface area (Å²) >= 11 is 0. The molecule has 19 heavy (non-hydrogen) atoms. The number of aryl methyl sites for hydroxylation is 1. The van der Waals surface area contributed by atoms with Crippen LogP contribution in [0.1, 0.15) is 38.8 Å². The van der Waals surface area contributed by atoms with Crippen molar-refractivity contribution in [2.75, 3.05) is 11.9 Å². The predicted molar refractivity (Wildman–Crippen MR) is 79.1 cm³/mol. The molecule has 0 radical (unpaired) electrons. The molecule has 2 aliphatic rings. The fraction of sp³-hybridized carbons (Fsp3) is 0.600. The van der Waals surface area contributed by atoms with Gasteiger partial charge in [-0.15, -0.1) is 0 Å². The topological polar surface area (TPSA) is 30.5 Å². The maximum Gasteiger partial charge on any atom is 0.496 e. The lowest BCUT2D eigenvalue weighted by Crippen LogP contribution is -2.41. The van der Waals surface area contributed by atoms with Crippen LogP contribution in [0.15, 0.2) is 12.1 Å². The maximum absolute atomic E-state index is 6.17. The average Bonchev–Trinajstić information content (AvgIpc) is 2.80. The summed E-state index contributed by atoms with van der Waals surface area (Å²) in [6, 6.07) is 4.43. The van der Waals surface area contributed by atoms with E-state index in [2.05, 4.69) is 52.1 Å². The highest BCUT2D eigenvalue weighted by molar-refractivity contribution is 6.64. The molecule has 1 N–H and O–H groups in total. The number of nitrogens with one attached hydrogen (secondary N) is 1. The molecule has 2 heterocycles. The molecule has 0 amide bonds. The van der Waals surface area contributed by atoms with Gasteiger partial charge < -0.3 is 14.6 Å². The van der Waals surface area contributed by atoms with Gasteiger partial charge in [0.25, 0.3) is 0 Å². The molecule has 1 saturated heterocycles. The Balaban J connectivity index is 2.01. The number of rotatable bonds is 1. The molecule has 1 aromatic carbocycles. The van der Waals surface area contributed by atoms with Gasteiger partial charge in [0.05, 0.1) is 11.2 Å². The van der Waals surface area contributed by atoms with Crippen LogP contribution in [0.2, 0.25) is 0 Å². The summed E-state index contributed by atoms with van der Waals surface area (Å²) in [4.78, 5) is 0. The van der Waals surface area contributed by atoms with Crippen LogP contribution in [0.4, 0.5) is 5.69 Å². The van der Waals surface area contributed by atoms with Crippen molar-refractivity contribution in [1.82, 2.24) is 0 Å². The molecule has 102 valence electrons. The lowest BCUT2D eigenvalue weighted by atomic mass is 9.76. The summed E-state index contributed by atoms with van der Waals surface area (Å²) in [5, 5.41) is 3.47. The Bertz CT molecular complexity index is 509. The zero-order chi connectivity index (χ0) is 13.8. The third kappa shape index (κ3) is 1.98. The standard InChI is InChI=1S/C15H22BNO2/c1-10-8-11-6-7-17-13(11)12(9-10)16-18-14(2,3)15(4,5)19-16/h8-9,17H,6-7H2,1-5H3. The molecule has 0 aliphatic carbocycles. The Hall–Kier alpha value is -0.995. The zero-order valence-electron chi connectivity index (χ0n) is 12.5. The van der Waals surface area contributed by atoms with Gasteiger partial charge in [-0.2, -0.15) is 0 Å². The van der Waals surface area contributed by atoms with Crippen LogP contribution in [0.3, 0.4) is 0 Å². The molecular weight excluding hydrogens is 237 g/mol. The van der Waals surface area contributed by atoms with Crippen molar-refractivity contribution in [2.24, 2.45) is 0 Å². The van der Waals surface area contributed by atoms with Gasteiger partial charge in [-0.05, 0) is 46.6 Å². The molecule has 0 unspecified atom stereocenters. The molecule has 0 atom stereocenters. The first-order valence-corrected chi connectivity index (χ1v) is 7.03. The minimum absolute atomic E-state index is 0.274. The molecule has 0 aromatic heterocycles. The quantitative estimate of drug-likeness (QED) is 0.785. The maximum atomic E-state index is 6.17. The molecule has 0 spiro atoms. The summed E-state index contributed by atoms with van der Waals surface area (Å²) in [5.74, 6) is 0. The van der Waals surface area contributed by atoms with E-state index in [1.54, 1.807) is 0 Å². The third-order valence-corrected chi connectivity index (χ3v) is 4.60. The lowest BCUT2D eigenvalue weighted by Gasteiger charge is -2.32. The fourth-order valence-electron chi connectivity index (χ4n) is 2.78. The van der Waals surface area contributed by atoms with Crippen molar-refractivity contribution >= 4 is 18.3 Å². The number of benzene rings is 1. The van der Waals surface area contributed by atoms with Gasteiger partial charge in [-0.1, -0.05) is 17.7 Å². The van der Waals surface area contributed by atoms with Gasteiger partial charge in [-0.25, -0.2) is 0 Å². The van der Waals surface area contributed by atoms with Crippen LogP contribution >= 0.6 is 0 Å². The Morgan fingerprint density at radius 1 is 1.11 bits per heavy atom. The summed E-state index contributed by atoms with van der Waals surface area (Å²) in [6.07, 6.45) is 1.09. The van der Waals surface area contributed by atoms with Crippen LogP contribution in [-0.2, 0) is 15.7 Å². The van der Waals surface area contributed by atoms with Crippen molar-refractivity contribution in [2.45, 2.75) is 52.2 Å². The SMILES string of the molecule is Cc1cc2c(c(B3OC(C)(C)C(C)(C)O3)c1)NCC2. The van der Waals surface area contributed by atoms with E-state index in [9.17, 15) is 0 Å². The van der Waals surface area contributed by atoms with Crippen LogP contribution in [0, 0.1) is 6.92 Å². The zero-order valence-corrected chi connectivity index (χ0v) is 12.5. The molecule has 0 saturated carbocycles. The highest BCUT2D eigenvalue weighted by Crippen LogP contribution is 2.37. The van der Waals surface area contributed by atoms with E-state index in [0.29, 0.717) is 0 Å². The van der Waals surface area contributed by atoms with E-state index in [1.807, 2.05) is 0 Å². The molecule has 4 heteroatoms. The van der Waals surface area contributed by atoms with E-state index in [1.165, 1.54) is 16.8 Å². The van der Waals surface area contributed by atoms with Crippen LogP contribution < -0.4 is 10.8 Å². The Labute approximate surface area is 115 Å². The summed E-state index contributed by atoms with van der Waals surface area (Å²) < 4.78 is 12.3. The van der Waals surface area contributed by atoms with Gasteiger partial charge in [0.2, 0.25) is 0 Å². The number of fused-ring (bicyclic) bond motifs is 1. The molecule has 3 nitrogen and oxygen atoms in total. The minimum atomic E-state index is -0.285. The van der Waals surface area contributed by atoms with Crippen molar-refractivity contribution in [3.63, 3.8) is 0 Å². The van der Waals surface area contributed by atoms with Crippen LogP contribution in [0.25, 0.3) is 0 Å². The fourth-order valence-corrected chi connectivity index (χ4v) is 2.78. The molecule has 1 aromatic rings. The monoisotopic (exact) mass is 259 g/mol. The molecule has 3 rings (SSSR count). The number of hydrogen-bond acceptors (Lipinski definition) is 3. The van der Waals surface area contributed by atoms with E-state index < -0.39 is 0 Å². The average molecular weight is 259 g/mol. The molecule has 0 bridgehead atoms. The smallest absolute Gasteiger partial charge is 0.399 e. The molecule has 1 fully saturated rings. The second-order valence-electron chi connectivity index (χ2n) is 6.65. The van der Waals surface area contributed by atoms with E-state index in [-0.39, 0.29) is 18.3 Å². The van der Waals surface area contributed by atoms with Crippen LogP contribution in [0.5, 0.6) is 0 Å². The van der Waals surface area contributed by atoms with Gasteiger partial charge in [-0.3, -0.25) is 0 Å². The highest BCUT2D eigenvalue weighted by Gasteiger charge is 2.52. The van der Waals surface area contributed by atoms with E-state index in [4.69, 9.17) is 9.31 Å². The number of hydrogen-bond donors (Lipinski definition) is 1. The second kappa shape index (κ2) is 4.00. The first kappa shape index (κ1) is 13.0. The first-order chi connectivity index (χ1) is 8.80. The normalized spacial score (nSPS) is 23.3. The van der Waals surface area contributed by atoms with Gasteiger partial charge >= 0.3 is 7.12 Å². The van der Waals surface area contributed by atoms with E-state index >= 15 is 0 Å². The Morgan fingerprint density at radius 2 is 1.74 bits per heavy atom. The predicted octanol–water partition coefficient (Wildman–Crippen LogP) is 2.26. The van der Waals surface area contributed by atoms with Crippen LogP contribution in [-0.4, -0.2) is 24.9 Å².